The first-order valence-electron chi connectivity index (χ1n) is 5.85. The third-order valence-corrected chi connectivity index (χ3v) is 4.29. The fraction of sp³-hybridized carbons (Fsp3) is 0.750. The summed E-state index contributed by atoms with van der Waals surface area (Å²) in [6.45, 7) is 2.02. The first-order chi connectivity index (χ1) is 7.25. The summed E-state index contributed by atoms with van der Waals surface area (Å²) < 4.78 is 0. The Morgan fingerprint density at radius 3 is 2.87 bits per heavy atom. The van der Waals surface area contributed by atoms with Gasteiger partial charge in [0, 0.05) is 17.5 Å². The van der Waals surface area contributed by atoms with Crippen molar-refractivity contribution >= 4 is 11.3 Å². The summed E-state index contributed by atoms with van der Waals surface area (Å²) in [7, 11) is 0. The van der Waals surface area contributed by atoms with Crippen molar-refractivity contribution in [2.75, 3.05) is 0 Å². The number of nitrogens with zero attached hydrogens (tertiary/aromatic N) is 1. The maximum absolute atomic E-state index is 9.99. The van der Waals surface area contributed by atoms with Gasteiger partial charge in [-0.3, -0.25) is 0 Å². The lowest BCUT2D eigenvalue weighted by Crippen LogP contribution is -2.18. The largest absolute Gasteiger partial charge is 0.393 e. The quantitative estimate of drug-likeness (QED) is 0.854. The summed E-state index contributed by atoms with van der Waals surface area (Å²) in [6.07, 6.45) is 6.77. The van der Waals surface area contributed by atoms with Gasteiger partial charge >= 0.3 is 0 Å². The zero-order chi connectivity index (χ0) is 10.7. The van der Waals surface area contributed by atoms with Crippen molar-refractivity contribution in [3.05, 3.63) is 16.1 Å². The Kier molecular flexibility index (Phi) is 3.76. The fourth-order valence-corrected chi connectivity index (χ4v) is 3.16. The molecular formula is C12H19NOS. The van der Waals surface area contributed by atoms with Crippen LogP contribution in [0.1, 0.15) is 42.8 Å². The van der Waals surface area contributed by atoms with Gasteiger partial charge in [0.05, 0.1) is 11.1 Å². The summed E-state index contributed by atoms with van der Waals surface area (Å²) in [5.41, 5.74) is 1.10. The minimum atomic E-state index is -0.100. The molecule has 0 spiro atoms. The summed E-state index contributed by atoms with van der Waals surface area (Å²) >= 11 is 1.71. The van der Waals surface area contributed by atoms with Crippen molar-refractivity contribution in [3.8, 4) is 0 Å². The van der Waals surface area contributed by atoms with Crippen molar-refractivity contribution in [2.45, 2.75) is 51.6 Å². The van der Waals surface area contributed by atoms with Crippen LogP contribution in [0.2, 0.25) is 0 Å². The molecule has 1 heterocycles. The van der Waals surface area contributed by atoms with Gasteiger partial charge in [-0.05, 0) is 32.1 Å². The number of aliphatic hydroxyl groups is 1. The molecule has 0 saturated heterocycles. The number of aliphatic hydroxyl groups excluding tert-OH is 1. The van der Waals surface area contributed by atoms with E-state index in [2.05, 4.69) is 10.4 Å². The average molecular weight is 225 g/mol. The summed E-state index contributed by atoms with van der Waals surface area (Å²) in [6, 6.07) is 0. The van der Waals surface area contributed by atoms with E-state index in [0.717, 1.165) is 18.5 Å². The zero-order valence-corrected chi connectivity index (χ0v) is 10.1. The molecule has 1 N–H and O–H groups in total. The SMILES string of the molecule is Cc1csc(CCC(O)C2CCCC2)n1. The molecule has 2 rings (SSSR count). The van der Waals surface area contributed by atoms with Gasteiger partial charge < -0.3 is 5.11 Å². The van der Waals surface area contributed by atoms with Crippen molar-refractivity contribution in [1.29, 1.82) is 0 Å². The van der Waals surface area contributed by atoms with Crippen LogP contribution >= 0.6 is 11.3 Å². The molecule has 1 atom stereocenters. The Hall–Kier alpha value is -0.410. The van der Waals surface area contributed by atoms with Crippen LogP contribution in [0.5, 0.6) is 0 Å². The lowest BCUT2D eigenvalue weighted by Gasteiger charge is -2.16. The molecule has 0 aromatic carbocycles. The number of thiazole rings is 1. The third kappa shape index (κ3) is 3.02. The molecule has 1 aliphatic rings. The Bertz CT molecular complexity index is 304. The predicted molar refractivity (Wildman–Crippen MR) is 63.1 cm³/mol. The molecule has 1 aromatic rings. The molecule has 1 aliphatic carbocycles. The van der Waals surface area contributed by atoms with Gasteiger partial charge in [-0.1, -0.05) is 12.8 Å². The second-order valence-corrected chi connectivity index (χ2v) is 5.48. The number of hydrogen-bond donors (Lipinski definition) is 1. The minimum Gasteiger partial charge on any atom is -0.393 e. The maximum Gasteiger partial charge on any atom is 0.0929 e. The van der Waals surface area contributed by atoms with E-state index in [4.69, 9.17) is 0 Å². The lowest BCUT2D eigenvalue weighted by molar-refractivity contribution is 0.102. The topological polar surface area (TPSA) is 33.1 Å². The van der Waals surface area contributed by atoms with E-state index < -0.39 is 0 Å². The van der Waals surface area contributed by atoms with E-state index in [9.17, 15) is 5.11 Å². The molecule has 1 saturated carbocycles. The van der Waals surface area contributed by atoms with E-state index >= 15 is 0 Å². The van der Waals surface area contributed by atoms with E-state index in [1.807, 2.05) is 6.92 Å². The van der Waals surface area contributed by atoms with Crippen molar-refractivity contribution < 1.29 is 5.11 Å². The summed E-state index contributed by atoms with van der Waals surface area (Å²) in [5.74, 6) is 0.561. The van der Waals surface area contributed by atoms with Crippen molar-refractivity contribution in [2.24, 2.45) is 5.92 Å². The van der Waals surface area contributed by atoms with Gasteiger partial charge in [0.25, 0.3) is 0 Å². The highest BCUT2D eigenvalue weighted by atomic mass is 32.1. The first-order valence-corrected chi connectivity index (χ1v) is 6.73. The van der Waals surface area contributed by atoms with Crippen LogP contribution in [0, 0.1) is 12.8 Å². The summed E-state index contributed by atoms with van der Waals surface area (Å²) in [5, 5.41) is 13.2. The van der Waals surface area contributed by atoms with Crippen LogP contribution in [-0.4, -0.2) is 16.2 Å². The van der Waals surface area contributed by atoms with Crippen LogP contribution in [-0.2, 0) is 6.42 Å². The molecule has 0 amide bonds. The summed E-state index contributed by atoms with van der Waals surface area (Å²) in [4.78, 5) is 4.42. The van der Waals surface area contributed by atoms with E-state index in [-0.39, 0.29) is 6.10 Å². The van der Waals surface area contributed by atoms with Crippen LogP contribution in [0.25, 0.3) is 0 Å². The van der Waals surface area contributed by atoms with Crippen molar-refractivity contribution in [3.63, 3.8) is 0 Å². The first kappa shape index (κ1) is 11.1. The Labute approximate surface area is 95.4 Å². The van der Waals surface area contributed by atoms with E-state index in [0.29, 0.717) is 5.92 Å². The number of aromatic nitrogens is 1. The Morgan fingerprint density at radius 1 is 1.53 bits per heavy atom. The Morgan fingerprint density at radius 2 is 2.27 bits per heavy atom. The average Bonchev–Trinajstić information content (AvgIpc) is 2.84. The van der Waals surface area contributed by atoms with Gasteiger partial charge in [0.15, 0.2) is 0 Å². The molecule has 3 heteroatoms. The highest BCUT2D eigenvalue weighted by Gasteiger charge is 2.22. The molecule has 15 heavy (non-hydrogen) atoms. The van der Waals surface area contributed by atoms with Crippen LogP contribution < -0.4 is 0 Å². The van der Waals surface area contributed by atoms with Crippen molar-refractivity contribution in [1.82, 2.24) is 4.98 Å². The molecular weight excluding hydrogens is 206 g/mol. The van der Waals surface area contributed by atoms with Gasteiger partial charge in [-0.2, -0.15) is 0 Å². The molecule has 0 bridgehead atoms. The predicted octanol–water partition coefficient (Wildman–Crippen LogP) is 2.94. The van der Waals surface area contributed by atoms with Gasteiger partial charge in [-0.25, -0.2) is 4.98 Å². The number of aryl methyl sites for hydroxylation is 2. The van der Waals surface area contributed by atoms with Gasteiger partial charge in [-0.15, -0.1) is 11.3 Å². The molecule has 0 radical (unpaired) electrons. The zero-order valence-electron chi connectivity index (χ0n) is 9.28. The molecule has 84 valence electrons. The second kappa shape index (κ2) is 5.08. The number of rotatable bonds is 4. The monoisotopic (exact) mass is 225 g/mol. The number of hydrogen-bond acceptors (Lipinski definition) is 3. The molecule has 1 aromatic heterocycles. The second-order valence-electron chi connectivity index (χ2n) is 4.53. The maximum atomic E-state index is 9.99. The van der Waals surface area contributed by atoms with E-state index in [1.165, 1.54) is 30.7 Å². The minimum absolute atomic E-state index is 0.100. The van der Waals surface area contributed by atoms with Crippen LogP contribution in [0.3, 0.4) is 0 Å². The third-order valence-electron chi connectivity index (χ3n) is 3.26. The molecule has 1 unspecified atom stereocenters. The normalized spacial score (nSPS) is 19.6. The highest BCUT2D eigenvalue weighted by molar-refractivity contribution is 7.09. The molecule has 0 aliphatic heterocycles. The lowest BCUT2D eigenvalue weighted by atomic mass is 9.97. The van der Waals surface area contributed by atoms with E-state index in [1.54, 1.807) is 11.3 Å². The van der Waals surface area contributed by atoms with Gasteiger partial charge in [0.1, 0.15) is 0 Å². The smallest absolute Gasteiger partial charge is 0.0929 e. The Balaban J connectivity index is 1.77. The van der Waals surface area contributed by atoms with Crippen LogP contribution in [0.4, 0.5) is 0 Å². The molecule has 2 nitrogen and oxygen atoms in total. The molecule has 1 fully saturated rings. The fourth-order valence-electron chi connectivity index (χ4n) is 2.37. The highest BCUT2D eigenvalue weighted by Crippen LogP contribution is 2.29. The standard InChI is InChI=1S/C12H19NOS/c1-9-8-15-12(13-9)7-6-11(14)10-4-2-3-5-10/h8,10-11,14H,2-7H2,1H3. The van der Waals surface area contributed by atoms with Gasteiger partial charge in [0.2, 0.25) is 0 Å². The van der Waals surface area contributed by atoms with Crippen LogP contribution in [0.15, 0.2) is 5.38 Å².